The van der Waals surface area contributed by atoms with Crippen molar-refractivity contribution in [2.45, 2.75) is 214 Å². The van der Waals surface area contributed by atoms with Crippen LogP contribution in [-0.4, -0.2) is 210 Å². The smallest absolute Gasteiger partial charge is 0.338 e. The average Bonchev–Trinajstić information content (AvgIpc) is 3.71. The Morgan fingerprint density at radius 3 is 2.02 bits per heavy atom. The largest absolute Gasteiger partial charge is 0.460 e. The molecule has 0 amide bonds. The summed E-state index contributed by atoms with van der Waals surface area (Å²) >= 11 is 0. The second-order valence-electron chi connectivity index (χ2n) is 21.3. The molecule has 21 nitrogen and oxygen atoms in total. The molecular weight excluding hydrogens is 876 g/mol. The highest BCUT2D eigenvalue weighted by molar-refractivity contribution is 5.82. The van der Waals surface area contributed by atoms with E-state index in [0.29, 0.717) is 24.7 Å². The Morgan fingerprint density at radius 2 is 1.30 bits per heavy atom. The molecule has 4 aliphatic carbocycles. The molecule has 0 spiro atoms. The fourth-order valence-corrected chi connectivity index (χ4v) is 13.6. The second kappa shape index (κ2) is 18.2. The van der Waals surface area contributed by atoms with Crippen LogP contribution in [0.4, 0.5) is 0 Å². The van der Waals surface area contributed by atoms with E-state index in [2.05, 4.69) is 19.9 Å². The van der Waals surface area contributed by atoms with Crippen LogP contribution in [-0.2, 0) is 47.4 Å². The predicted molar refractivity (Wildman–Crippen MR) is 219 cm³/mol. The van der Waals surface area contributed by atoms with Gasteiger partial charge in [-0.3, -0.25) is 0 Å². The molecule has 3 saturated carbocycles. The van der Waals surface area contributed by atoms with Crippen LogP contribution in [0.15, 0.2) is 11.6 Å². The van der Waals surface area contributed by atoms with Gasteiger partial charge in [0.1, 0.15) is 85.5 Å². The highest BCUT2D eigenvalue weighted by Gasteiger charge is 2.70. The number of hydrogen-bond acceptors (Lipinski definition) is 21. The van der Waals surface area contributed by atoms with E-state index in [1.54, 1.807) is 6.92 Å². The third-order valence-corrected chi connectivity index (χ3v) is 17.4. The molecule has 376 valence electrons. The molecular formula is C45H70O21. The van der Waals surface area contributed by atoms with E-state index in [1.165, 1.54) is 19.4 Å². The first kappa shape index (κ1) is 49.4. The van der Waals surface area contributed by atoms with Crippen molar-refractivity contribution >= 4 is 5.97 Å². The van der Waals surface area contributed by atoms with Crippen LogP contribution in [0.25, 0.3) is 0 Å². The molecule has 0 radical (unpaired) electrons. The lowest BCUT2D eigenvalue weighted by Crippen LogP contribution is -2.67. The molecule has 9 aliphatic rings. The number of hydrogen-bond donors (Lipinski definition) is 11. The van der Waals surface area contributed by atoms with Gasteiger partial charge in [0.2, 0.25) is 0 Å². The number of carbonyl (C=O) groups excluding carboxylic acids is 1. The first-order valence-corrected chi connectivity index (χ1v) is 23.7. The van der Waals surface area contributed by atoms with E-state index in [-0.39, 0.29) is 28.8 Å². The van der Waals surface area contributed by atoms with Crippen LogP contribution in [0.2, 0.25) is 0 Å². The van der Waals surface area contributed by atoms with Crippen LogP contribution < -0.4 is 0 Å². The van der Waals surface area contributed by atoms with Crippen molar-refractivity contribution in [1.29, 1.82) is 0 Å². The van der Waals surface area contributed by atoms with Crippen LogP contribution in [0, 0.1) is 34.5 Å². The standard InChI is InChI=1S/C45H70O21/c1-16-26(48)29(51)32(54)39(59-16)66-36-33(55)34(64-40-35(30(52)27(49)17(2)60-40)65-38-31(53)28(50)23(47)15-58-38)25(14-46)62-41(36)61-19-8-10-43(3)18(12-19)6-7-20-21(43)9-11-44(4)22(20)13-24-37(44)45(5,57)42(56)63-24/h6,16-17,19-41,46-55,57H,7-15H2,1-5H3/t16-,17-,19-,20+,21-,22-,23+,24-,25+,26-,27-,28-,29+,30+,31+,32+,33-,34+,35+,36+,37-,38-,39-,40-,41+,43-,44-,45-/m0/s1. The van der Waals surface area contributed by atoms with Gasteiger partial charge < -0.3 is 98.8 Å². The Hall–Kier alpha value is -1.55. The summed E-state index contributed by atoms with van der Waals surface area (Å²) < 4.78 is 54.2. The minimum absolute atomic E-state index is 0.173. The van der Waals surface area contributed by atoms with E-state index in [0.717, 1.165) is 32.1 Å². The van der Waals surface area contributed by atoms with E-state index >= 15 is 0 Å². The fourth-order valence-electron chi connectivity index (χ4n) is 13.6. The molecule has 5 saturated heterocycles. The van der Waals surface area contributed by atoms with E-state index in [4.69, 9.17) is 42.6 Å². The zero-order valence-corrected chi connectivity index (χ0v) is 37.9. The van der Waals surface area contributed by atoms with Gasteiger partial charge in [0.05, 0.1) is 31.5 Å². The molecule has 0 bridgehead atoms. The maximum absolute atomic E-state index is 12.6. The topological polar surface area (TPSA) is 323 Å². The molecule has 5 aliphatic heterocycles. The van der Waals surface area contributed by atoms with Gasteiger partial charge in [-0.2, -0.15) is 0 Å². The Morgan fingerprint density at radius 1 is 0.682 bits per heavy atom. The molecule has 8 fully saturated rings. The van der Waals surface area contributed by atoms with Gasteiger partial charge in [-0.1, -0.05) is 25.5 Å². The van der Waals surface area contributed by atoms with Crippen molar-refractivity contribution in [3.05, 3.63) is 11.6 Å². The van der Waals surface area contributed by atoms with E-state index < -0.39 is 148 Å². The lowest BCUT2D eigenvalue weighted by molar-refractivity contribution is -0.397. The number of ether oxygens (including phenoxy) is 9. The number of allylic oxidation sites excluding steroid dienone is 1. The van der Waals surface area contributed by atoms with E-state index in [1.807, 2.05) is 0 Å². The maximum Gasteiger partial charge on any atom is 0.338 e. The Labute approximate surface area is 382 Å². The molecule has 11 N–H and O–H groups in total. The second-order valence-corrected chi connectivity index (χ2v) is 21.3. The summed E-state index contributed by atoms with van der Waals surface area (Å²) in [5.74, 6) is 0.131. The van der Waals surface area contributed by atoms with Crippen molar-refractivity contribution in [2.75, 3.05) is 13.2 Å². The van der Waals surface area contributed by atoms with Crippen molar-refractivity contribution in [1.82, 2.24) is 0 Å². The lowest BCUT2D eigenvalue weighted by atomic mass is 9.47. The van der Waals surface area contributed by atoms with Gasteiger partial charge in [0.15, 0.2) is 30.8 Å². The van der Waals surface area contributed by atoms with Crippen molar-refractivity contribution < 1.29 is 104 Å². The molecule has 66 heavy (non-hydrogen) atoms. The summed E-state index contributed by atoms with van der Waals surface area (Å²) in [6, 6.07) is 0. The molecule has 28 atom stereocenters. The average molecular weight is 947 g/mol. The molecule has 0 aromatic heterocycles. The van der Waals surface area contributed by atoms with Crippen LogP contribution in [0.3, 0.4) is 0 Å². The number of carbonyl (C=O) groups is 1. The summed E-state index contributed by atoms with van der Waals surface area (Å²) in [7, 11) is 0. The Bertz CT molecular complexity index is 1790. The Balaban J connectivity index is 0.945. The monoisotopic (exact) mass is 946 g/mol. The molecule has 5 heterocycles. The number of fused-ring (bicyclic) bond motifs is 7. The minimum atomic E-state index is -1.79. The Kier molecular flexibility index (Phi) is 13.7. The third-order valence-electron chi connectivity index (χ3n) is 17.4. The highest BCUT2D eigenvalue weighted by Crippen LogP contribution is 2.69. The normalized spacial score (nSPS) is 57.2. The molecule has 0 aromatic rings. The zero-order valence-electron chi connectivity index (χ0n) is 37.9. The number of aliphatic hydroxyl groups is 11. The number of rotatable bonds is 9. The van der Waals surface area contributed by atoms with Gasteiger partial charge >= 0.3 is 5.97 Å². The molecule has 0 aromatic carbocycles. The van der Waals surface area contributed by atoms with E-state index in [9.17, 15) is 61.0 Å². The third kappa shape index (κ3) is 8.12. The zero-order chi connectivity index (χ0) is 47.5. The first-order valence-electron chi connectivity index (χ1n) is 23.7. The van der Waals surface area contributed by atoms with Crippen molar-refractivity contribution in [3.63, 3.8) is 0 Å². The van der Waals surface area contributed by atoms with Gasteiger partial charge in [0.25, 0.3) is 0 Å². The van der Waals surface area contributed by atoms with Crippen molar-refractivity contribution in [3.8, 4) is 0 Å². The molecule has 21 heteroatoms. The lowest BCUT2D eigenvalue weighted by Gasteiger charge is -2.58. The van der Waals surface area contributed by atoms with Gasteiger partial charge in [-0.15, -0.1) is 0 Å². The van der Waals surface area contributed by atoms with Crippen molar-refractivity contribution in [2.24, 2.45) is 34.5 Å². The quantitative estimate of drug-likeness (QED) is 0.0822. The van der Waals surface area contributed by atoms with Crippen LogP contribution in [0.1, 0.15) is 79.6 Å². The predicted octanol–water partition coefficient (Wildman–Crippen LogP) is -2.80. The molecule has 0 unspecified atom stereocenters. The summed E-state index contributed by atoms with van der Waals surface area (Å²) in [5.41, 5.74) is -0.727. The molecule has 9 rings (SSSR count). The SMILES string of the molecule is C[C@@H]1O[C@@H](O[C@H]2[C@H](O[C@H]3CC[C@@]4(C)C(=CC[C@H]5[C@@H]6C[C@@H]7OC(=O)[C@@](C)(O)[C@@H]7[C@@]6(C)CC[C@@H]54)C3)O[C@H](CO)[C@@H](O[C@@H]3O[C@@H](C)[C@H](O)[C@@H](O)[C@H]3O[C@@H]3OC[C@@H](O)[C@H](O)[C@H]3O)[C@@H]2O)[C@H](O)[C@H](O)[C@H]1O. The maximum atomic E-state index is 12.6. The first-order chi connectivity index (χ1) is 31.1. The van der Waals surface area contributed by atoms with Crippen LogP contribution in [0.5, 0.6) is 0 Å². The van der Waals surface area contributed by atoms with Gasteiger partial charge in [0, 0.05) is 5.92 Å². The van der Waals surface area contributed by atoms with Gasteiger partial charge in [-0.05, 0) is 94.3 Å². The summed E-state index contributed by atoms with van der Waals surface area (Å²) in [6.07, 6.45) is -22.9. The summed E-state index contributed by atoms with van der Waals surface area (Å²) in [5, 5.41) is 119. The number of esters is 1. The number of aliphatic hydroxyl groups excluding tert-OH is 10. The summed E-state index contributed by atoms with van der Waals surface area (Å²) in [6.45, 7) is 7.82. The highest BCUT2D eigenvalue weighted by atomic mass is 16.8. The fraction of sp³-hybridized carbons (Fsp3) is 0.933. The van der Waals surface area contributed by atoms with Gasteiger partial charge in [-0.25, -0.2) is 4.79 Å². The summed E-state index contributed by atoms with van der Waals surface area (Å²) in [4.78, 5) is 12.6. The van der Waals surface area contributed by atoms with Crippen LogP contribution >= 0.6 is 0 Å². The minimum Gasteiger partial charge on any atom is -0.460 e.